The predicted octanol–water partition coefficient (Wildman–Crippen LogP) is 2.87. The fourth-order valence-corrected chi connectivity index (χ4v) is 3.42. The Hall–Kier alpha value is -0.0800. The summed E-state index contributed by atoms with van der Waals surface area (Å²) in [4.78, 5) is 2.57. The minimum absolute atomic E-state index is 0.304. The summed E-state index contributed by atoms with van der Waals surface area (Å²) in [5, 5.41) is 0. The third-order valence-corrected chi connectivity index (χ3v) is 4.81. The van der Waals surface area contributed by atoms with Crippen molar-refractivity contribution in [2.45, 2.75) is 58.4 Å². The van der Waals surface area contributed by atoms with Crippen LogP contribution >= 0.6 is 0 Å². The van der Waals surface area contributed by atoms with Gasteiger partial charge in [0.1, 0.15) is 0 Å². The van der Waals surface area contributed by atoms with Crippen LogP contribution in [0.2, 0.25) is 0 Å². The first kappa shape index (κ1) is 14.0. The van der Waals surface area contributed by atoms with Gasteiger partial charge < -0.3 is 5.73 Å². The minimum atomic E-state index is 0.304. The van der Waals surface area contributed by atoms with Crippen LogP contribution in [0.5, 0.6) is 0 Å². The molecule has 0 amide bonds. The average Bonchev–Trinajstić information content (AvgIpc) is 2.72. The number of nitrogens with two attached hydrogens (primary N) is 1. The molecule has 16 heavy (non-hydrogen) atoms. The van der Waals surface area contributed by atoms with Gasteiger partial charge in [-0.2, -0.15) is 0 Å². The molecule has 2 nitrogen and oxygen atoms in total. The molecule has 0 aliphatic heterocycles. The lowest BCUT2D eigenvalue weighted by Crippen LogP contribution is -2.55. The maximum atomic E-state index is 6.11. The molecule has 3 unspecified atom stereocenters. The van der Waals surface area contributed by atoms with Crippen LogP contribution in [-0.4, -0.2) is 30.6 Å². The third-order valence-electron chi connectivity index (χ3n) is 4.81. The quantitative estimate of drug-likeness (QED) is 0.754. The summed E-state index contributed by atoms with van der Waals surface area (Å²) in [5.74, 6) is 1.60. The van der Waals surface area contributed by atoms with Gasteiger partial charge in [0.2, 0.25) is 0 Å². The first-order valence-electron chi connectivity index (χ1n) is 7.02. The maximum Gasteiger partial charge on any atom is 0.0356 e. The summed E-state index contributed by atoms with van der Waals surface area (Å²) in [5.41, 5.74) is 6.41. The molecule has 1 fully saturated rings. The molecule has 2 heteroatoms. The van der Waals surface area contributed by atoms with Gasteiger partial charge in [0.25, 0.3) is 0 Å². The molecule has 2 N–H and O–H groups in total. The molecule has 1 aliphatic rings. The lowest BCUT2D eigenvalue weighted by Gasteiger charge is -2.44. The summed E-state index contributed by atoms with van der Waals surface area (Å²) in [6, 6.07) is 0. The molecule has 0 aromatic rings. The third kappa shape index (κ3) is 2.60. The molecule has 0 aromatic carbocycles. The first-order valence-corrected chi connectivity index (χ1v) is 7.02. The van der Waals surface area contributed by atoms with E-state index >= 15 is 0 Å². The summed E-state index contributed by atoms with van der Waals surface area (Å²) in [7, 11) is 2.28. The molecule has 0 saturated heterocycles. The van der Waals surface area contributed by atoms with Crippen LogP contribution < -0.4 is 5.73 Å². The molecule has 0 aromatic heterocycles. The zero-order valence-corrected chi connectivity index (χ0v) is 11.6. The molecule has 1 rings (SSSR count). The van der Waals surface area contributed by atoms with Crippen molar-refractivity contribution in [3.63, 3.8) is 0 Å². The van der Waals surface area contributed by atoms with Gasteiger partial charge in [-0.25, -0.2) is 0 Å². The Morgan fingerprint density at radius 1 is 1.44 bits per heavy atom. The van der Waals surface area contributed by atoms with Crippen molar-refractivity contribution in [2.24, 2.45) is 17.6 Å². The molecular formula is C14H30N2. The number of nitrogens with zero attached hydrogens (tertiary/aromatic N) is 1. The van der Waals surface area contributed by atoms with E-state index in [2.05, 4.69) is 32.7 Å². The molecular weight excluding hydrogens is 196 g/mol. The average molecular weight is 226 g/mol. The Morgan fingerprint density at radius 3 is 2.62 bits per heavy atom. The SMILES string of the molecule is CCC(C)CN(C)C1(CN)CCCC1CC. The monoisotopic (exact) mass is 226 g/mol. The van der Waals surface area contributed by atoms with Crippen LogP contribution in [0.3, 0.4) is 0 Å². The molecule has 96 valence electrons. The Bertz CT molecular complexity index is 205. The number of hydrogen-bond acceptors (Lipinski definition) is 2. The van der Waals surface area contributed by atoms with E-state index in [1.54, 1.807) is 0 Å². The minimum Gasteiger partial charge on any atom is -0.329 e. The number of likely N-dealkylation sites (N-methyl/N-ethyl adjacent to an activating group) is 1. The largest absolute Gasteiger partial charge is 0.329 e. The molecule has 0 radical (unpaired) electrons. The summed E-state index contributed by atoms with van der Waals surface area (Å²) in [6.45, 7) is 8.97. The van der Waals surface area contributed by atoms with Crippen LogP contribution in [0.1, 0.15) is 52.9 Å². The van der Waals surface area contributed by atoms with Crippen molar-refractivity contribution in [1.29, 1.82) is 0 Å². The summed E-state index contributed by atoms with van der Waals surface area (Å²) >= 11 is 0. The van der Waals surface area contributed by atoms with Gasteiger partial charge in [0.05, 0.1) is 0 Å². The molecule has 0 bridgehead atoms. The van der Waals surface area contributed by atoms with Crippen LogP contribution in [0, 0.1) is 11.8 Å². The van der Waals surface area contributed by atoms with Crippen molar-refractivity contribution in [2.75, 3.05) is 20.1 Å². The van der Waals surface area contributed by atoms with Crippen molar-refractivity contribution in [3.05, 3.63) is 0 Å². The lowest BCUT2D eigenvalue weighted by molar-refractivity contribution is 0.0681. The van der Waals surface area contributed by atoms with E-state index in [-0.39, 0.29) is 0 Å². The van der Waals surface area contributed by atoms with E-state index in [0.717, 1.165) is 18.4 Å². The topological polar surface area (TPSA) is 29.3 Å². The molecule has 1 aliphatic carbocycles. The second-order valence-corrected chi connectivity index (χ2v) is 5.70. The van der Waals surface area contributed by atoms with Crippen LogP contribution in [0.15, 0.2) is 0 Å². The van der Waals surface area contributed by atoms with Crippen molar-refractivity contribution < 1.29 is 0 Å². The van der Waals surface area contributed by atoms with E-state index in [1.807, 2.05) is 0 Å². The second kappa shape index (κ2) is 6.02. The Balaban J connectivity index is 2.70. The van der Waals surface area contributed by atoms with Crippen LogP contribution in [0.4, 0.5) is 0 Å². The van der Waals surface area contributed by atoms with Crippen molar-refractivity contribution >= 4 is 0 Å². The summed E-state index contributed by atoms with van der Waals surface area (Å²) < 4.78 is 0. The highest BCUT2D eigenvalue weighted by atomic mass is 15.2. The molecule has 0 heterocycles. The van der Waals surface area contributed by atoms with Gasteiger partial charge in [-0.15, -0.1) is 0 Å². The van der Waals surface area contributed by atoms with Crippen LogP contribution in [-0.2, 0) is 0 Å². The maximum absolute atomic E-state index is 6.11. The van der Waals surface area contributed by atoms with Gasteiger partial charge in [0, 0.05) is 18.6 Å². The molecule has 1 saturated carbocycles. The number of hydrogen-bond donors (Lipinski definition) is 1. The van der Waals surface area contributed by atoms with Gasteiger partial charge in [0.15, 0.2) is 0 Å². The van der Waals surface area contributed by atoms with Gasteiger partial charge in [-0.05, 0) is 31.7 Å². The van der Waals surface area contributed by atoms with Crippen molar-refractivity contribution in [3.8, 4) is 0 Å². The molecule has 3 atom stereocenters. The van der Waals surface area contributed by atoms with E-state index in [4.69, 9.17) is 5.73 Å². The fraction of sp³-hybridized carbons (Fsp3) is 1.00. The number of rotatable bonds is 6. The zero-order valence-electron chi connectivity index (χ0n) is 11.6. The highest BCUT2D eigenvalue weighted by Crippen LogP contribution is 2.41. The van der Waals surface area contributed by atoms with E-state index in [0.29, 0.717) is 5.54 Å². The smallest absolute Gasteiger partial charge is 0.0356 e. The Morgan fingerprint density at radius 2 is 2.12 bits per heavy atom. The van der Waals surface area contributed by atoms with E-state index in [1.165, 1.54) is 38.6 Å². The second-order valence-electron chi connectivity index (χ2n) is 5.70. The van der Waals surface area contributed by atoms with Crippen LogP contribution in [0.25, 0.3) is 0 Å². The fourth-order valence-electron chi connectivity index (χ4n) is 3.42. The lowest BCUT2D eigenvalue weighted by atomic mass is 9.83. The van der Waals surface area contributed by atoms with Gasteiger partial charge in [-0.1, -0.05) is 40.0 Å². The van der Waals surface area contributed by atoms with Gasteiger partial charge in [-0.3, -0.25) is 4.90 Å². The van der Waals surface area contributed by atoms with E-state index < -0.39 is 0 Å². The van der Waals surface area contributed by atoms with Gasteiger partial charge >= 0.3 is 0 Å². The summed E-state index contributed by atoms with van der Waals surface area (Å²) in [6.07, 6.45) is 6.58. The van der Waals surface area contributed by atoms with Crippen molar-refractivity contribution in [1.82, 2.24) is 4.90 Å². The zero-order chi connectivity index (χ0) is 12.2. The highest BCUT2D eigenvalue weighted by Gasteiger charge is 2.43. The predicted molar refractivity (Wildman–Crippen MR) is 71.5 cm³/mol. The Kier molecular flexibility index (Phi) is 5.26. The van der Waals surface area contributed by atoms with E-state index in [9.17, 15) is 0 Å². The first-order chi connectivity index (χ1) is 7.60. The normalized spacial score (nSPS) is 32.2. The Labute approximate surface area is 102 Å². The standard InChI is InChI=1S/C14H30N2/c1-5-12(3)10-16(4)14(11-15)9-7-8-13(14)6-2/h12-13H,5-11,15H2,1-4H3. The highest BCUT2D eigenvalue weighted by molar-refractivity contribution is 5.00. The molecule has 0 spiro atoms.